The van der Waals surface area contributed by atoms with E-state index in [1.165, 1.54) is 79.4 Å². The molecule has 1 aliphatic rings. The number of aromatic nitrogens is 1. The number of thiophene rings is 2. The van der Waals surface area contributed by atoms with E-state index in [0.717, 1.165) is 28.0 Å². The molecule has 3 aromatic heterocycles. The van der Waals surface area contributed by atoms with Crippen LogP contribution in [-0.4, -0.2) is 12.0 Å². The molecule has 8 aromatic carbocycles. The number of nitrogens with zero attached hydrogens (tertiary/aromatic N) is 3. The van der Waals surface area contributed by atoms with Crippen LogP contribution in [0, 0.1) is 0 Å². The minimum atomic E-state index is 0.0457. The maximum atomic E-state index is 5.48. The highest BCUT2D eigenvalue weighted by Gasteiger charge is 2.35. The first-order valence-electron chi connectivity index (χ1n) is 19.7. The van der Waals surface area contributed by atoms with Crippen LogP contribution in [0.5, 0.6) is 0 Å². The lowest BCUT2D eigenvalue weighted by Crippen LogP contribution is -2.30. The zero-order chi connectivity index (χ0) is 38.3. The van der Waals surface area contributed by atoms with Gasteiger partial charge < -0.3 is 9.80 Å². The van der Waals surface area contributed by atoms with Gasteiger partial charge in [0.1, 0.15) is 6.17 Å². The van der Waals surface area contributed by atoms with Crippen LogP contribution in [0.15, 0.2) is 188 Å². The fraction of sp³-hybridized carbons (Fsp3) is 0.0377. The van der Waals surface area contributed by atoms with Gasteiger partial charge >= 0.3 is 0 Å². The van der Waals surface area contributed by atoms with Gasteiger partial charge in [-0.3, -0.25) is 0 Å². The van der Waals surface area contributed by atoms with Crippen molar-refractivity contribution >= 4 is 91.0 Å². The van der Waals surface area contributed by atoms with E-state index in [1.807, 2.05) is 22.7 Å². The number of rotatable bonds is 5. The first kappa shape index (κ1) is 33.4. The van der Waals surface area contributed by atoms with Crippen LogP contribution in [0.1, 0.15) is 11.7 Å². The van der Waals surface area contributed by atoms with E-state index in [1.54, 1.807) is 0 Å². The van der Waals surface area contributed by atoms with Gasteiger partial charge in [-0.1, -0.05) is 115 Å². The van der Waals surface area contributed by atoms with Crippen LogP contribution in [0.2, 0.25) is 0 Å². The lowest BCUT2D eigenvalue weighted by atomic mass is 9.92. The van der Waals surface area contributed by atoms with Crippen molar-refractivity contribution in [3.8, 4) is 33.5 Å². The molecule has 1 unspecified atom stereocenters. The van der Waals surface area contributed by atoms with Gasteiger partial charge in [-0.25, -0.2) is 4.98 Å². The highest BCUT2D eigenvalue weighted by molar-refractivity contribution is 7.27. The summed E-state index contributed by atoms with van der Waals surface area (Å²) in [5.74, 6) is 0. The van der Waals surface area contributed by atoms with Crippen LogP contribution in [0.3, 0.4) is 0 Å². The first-order valence-corrected chi connectivity index (χ1v) is 21.3. The molecule has 3 nitrogen and oxygen atoms in total. The summed E-state index contributed by atoms with van der Waals surface area (Å²) in [6, 6.07) is 68.9. The van der Waals surface area contributed by atoms with Gasteiger partial charge in [-0.2, -0.15) is 0 Å². The van der Waals surface area contributed by atoms with Gasteiger partial charge in [0.2, 0.25) is 0 Å². The Morgan fingerprint density at radius 3 is 1.86 bits per heavy atom. The Morgan fingerprint density at radius 2 is 1.05 bits per heavy atom. The topological polar surface area (TPSA) is 19.4 Å². The molecule has 11 aromatic rings. The van der Waals surface area contributed by atoms with Gasteiger partial charge in [-0.05, 0) is 101 Å². The molecule has 4 heterocycles. The van der Waals surface area contributed by atoms with E-state index < -0.39 is 0 Å². The molecule has 0 saturated heterocycles. The molecule has 5 heteroatoms. The molecule has 12 rings (SSSR count). The number of hydrogen-bond donors (Lipinski definition) is 0. The molecule has 0 N–H and O–H groups in total. The highest BCUT2D eigenvalue weighted by atomic mass is 32.1. The Morgan fingerprint density at radius 1 is 0.448 bits per heavy atom. The summed E-state index contributed by atoms with van der Waals surface area (Å²) in [6.45, 7) is 0. The van der Waals surface area contributed by atoms with Gasteiger partial charge in [0, 0.05) is 64.0 Å². The Labute approximate surface area is 344 Å². The van der Waals surface area contributed by atoms with Crippen molar-refractivity contribution in [1.29, 1.82) is 0 Å². The lowest BCUT2D eigenvalue weighted by molar-refractivity contribution is 0.719. The fourth-order valence-electron chi connectivity index (χ4n) is 9.12. The van der Waals surface area contributed by atoms with Crippen molar-refractivity contribution in [2.75, 3.05) is 16.8 Å². The number of para-hydroxylation sites is 3. The van der Waals surface area contributed by atoms with Gasteiger partial charge in [0.15, 0.2) is 0 Å². The number of benzene rings is 8. The van der Waals surface area contributed by atoms with Crippen molar-refractivity contribution in [2.24, 2.45) is 0 Å². The van der Waals surface area contributed by atoms with Gasteiger partial charge in [0.05, 0.1) is 22.6 Å². The summed E-state index contributed by atoms with van der Waals surface area (Å²) in [4.78, 5) is 10.3. The number of pyridine rings is 1. The van der Waals surface area contributed by atoms with E-state index in [9.17, 15) is 0 Å². The molecule has 1 aliphatic heterocycles. The van der Waals surface area contributed by atoms with Crippen LogP contribution >= 0.6 is 22.7 Å². The maximum Gasteiger partial charge on any atom is 0.132 e. The molecule has 0 amide bonds. The second-order valence-corrected chi connectivity index (χ2v) is 17.3. The summed E-state index contributed by atoms with van der Waals surface area (Å²) in [7, 11) is 2.20. The molecule has 274 valence electrons. The molecule has 0 radical (unpaired) electrons. The van der Waals surface area contributed by atoms with E-state index in [4.69, 9.17) is 4.98 Å². The van der Waals surface area contributed by atoms with Crippen molar-refractivity contribution in [3.05, 3.63) is 194 Å². The predicted octanol–water partition coefficient (Wildman–Crippen LogP) is 15.3. The maximum absolute atomic E-state index is 5.48. The fourth-order valence-corrected chi connectivity index (χ4v) is 11.4. The standard InChI is InChI=1S/C53H35N3S2/c1-55-45-19-9-10-20-46(45)56(53(55)34-13-3-2-4-14-34)39-26-23-33(24-27-39)36-29-37(35-25-28-49-43(32-35)40-15-6-11-21-47(40)57-49)31-38(30-36)51-50-42-17-7-12-22-48(42)58-52(50)41-16-5-8-18-44(41)54-51/h2-32,53H,1H3. The third-order valence-electron chi connectivity index (χ3n) is 11.8. The summed E-state index contributed by atoms with van der Waals surface area (Å²) in [5, 5.41) is 6.28. The molecule has 58 heavy (non-hydrogen) atoms. The summed E-state index contributed by atoms with van der Waals surface area (Å²) in [6.07, 6.45) is 0.0457. The van der Waals surface area contributed by atoms with E-state index >= 15 is 0 Å². The van der Waals surface area contributed by atoms with Crippen LogP contribution in [0.25, 0.3) is 84.8 Å². The quantitative estimate of drug-likeness (QED) is 0.173. The minimum absolute atomic E-state index is 0.0457. The van der Waals surface area contributed by atoms with Gasteiger partial charge in [-0.15, -0.1) is 22.7 Å². The first-order chi connectivity index (χ1) is 28.7. The molecule has 0 saturated carbocycles. The molecular weight excluding hydrogens is 743 g/mol. The average molecular weight is 778 g/mol. The van der Waals surface area contributed by atoms with Crippen LogP contribution in [-0.2, 0) is 0 Å². The molecule has 0 spiro atoms. The van der Waals surface area contributed by atoms with Crippen molar-refractivity contribution in [1.82, 2.24) is 4.98 Å². The predicted molar refractivity (Wildman–Crippen MR) is 250 cm³/mol. The molecule has 0 aliphatic carbocycles. The minimum Gasteiger partial charge on any atom is -0.349 e. The van der Waals surface area contributed by atoms with Crippen LogP contribution in [0.4, 0.5) is 17.1 Å². The second kappa shape index (κ2) is 13.1. The highest BCUT2D eigenvalue weighted by Crippen LogP contribution is 2.50. The number of hydrogen-bond acceptors (Lipinski definition) is 5. The van der Waals surface area contributed by atoms with E-state index in [2.05, 4.69) is 205 Å². The molecule has 0 bridgehead atoms. The third kappa shape index (κ3) is 5.21. The van der Waals surface area contributed by atoms with Gasteiger partial charge in [0.25, 0.3) is 0 Å². The SMILES string of the molecule is CN1c2ccccc2N(c2ccc(-c3cc(-c4ccc5sc6ccccc6c5c4)cc(-c4nc5ccccc5c5sc6ccccc6c45)c3)cc2)C1c1ccccc1. The largest absolute Gasteiger partial charge is 0.349 e. The Hall–Kier alpha value is -6.79. The molecular formula is C53H35N3S2. The Kier molecular flexibility index (Phi) is 7.56. The Balaban J connectivity index is 1.06. The smallest absolute Gasteiger partial charge is 0.132 e. The third-order valence-corrected chi connectivity index (χ3v) is 14.2. The van der Waals surface area contributed by atoms with Crippen LogP contribution < -0.4 is 9.80 Å². The summed E-state index contributed by atoms with van der Waals surface area (Å²) in [5.41, 5.74) is 12.7. The van der Waals surface area contributed by atoms with Crippen molar-refractivity contribution < 1.29 is 0 Å². The zero-order valence-electron chi connectivity index (χ0n) is 31.6. The Bertz CT molecular complexity index is 3380. The number of anilines is 3. The number of fused-ring (bicyclic) bond motifs is 9. The normalized spacial score (nSPS) is 14.1. The van der Waals surface area contributed by atoms with E-state index in [0.29, 0.717) is 0 Å². The second-order valence-electron chi connectivity index (χ2n) is 15.2. The average Bonchev–Trinajstić information content (AvgIpc) is 3.96. The molecule has 1 atom stereocenters. The monoisotopic (exact) mass is 777 g/mol. The summed E-state index contributed by atoms with van der Waals surface area (Å²) >= 11 is 3.73. The zero-order valence-corrected chi connectivity index (χ0v) is 33.3. The molecule has 0 fully saturated rings. The van der Waals surface area contributed by atoms with E-state index in [-0.39, 0.29) is 6.17 Å². The summed E-state index contributed by atoms with van der Waals surface area (Å²) < 4.78 is 5.19. The lowest BCUT2D eigenvalue weighted by Gasteiger charge is -2.31. The van der Waals surface area contributed by atoms with Crippen molar-refractivity contribution in [3.63, 3.8) is 0 Å². The van der Waals surface area contributed by atoms with Crippen molar-refractivity contribution in [2.45, 2.75) is 6.17 Å².